The van der Waals surface area contributed by atoms with Crippen LogP contribution >= 0.6 is 0 Å². The third-order valence-electron chi connectivity index (χ3n) is 4.45. The zero-order valence-corrected chi connectivity index (χ0v) is 15.1. The topological polar surface area (TPSA) is 107 Å². The van der Waals surface area contributed by atoms with Crippen LogP contribution in [-0.2, 0) is 0 Å². The van der Waals surface area contributed by atoms with Crippen LogP contribution in [0.4, 0.5) is 5.69 Å². The summed E-state index contributed by atoms with van der Waals surface area (Å²) in [5, 5.41) is 13.0. The zero-order chi connectivity index (χ0) is 19.8. The van der Waals surface area contributed by atoms with Crippen LogP contribution in [0.3, 0.4) is 0 Å². The number of ether oxygens (including phenoxy) is 2. The van der Waals surface area contributed by atoms with Crippen LogP contribution in [0, 0.1) is 0 Å². The Morgan fingerprint density at radius 2 is 1.90 bits per heavy atom. The Hall–Kier alpha value is -4.07. The first-order valence-corrected chi connectivity index (χ1v) is 8.93. The first-order chi connectivity index (χ1) is 14.2. The van der Waals surface area contributed by atoms with Crippen molar-refractivity contribution in [3.05, 3.63) is 60.3 Å². The molecule has 0 aliphatic carbocycles. The minimum Gasteiger partial charge on any atom is -0.507 e. The number of nitrogens with zero attached hydrogens (tertiary/aromatic N) is 2. The van der Waals surface area contributed by atoms with Crippen LogP contribution in [0.1, 0.15) is 10.4 Å². The van der Waals surface area contributed by atoms with Gasteiger partial charge in [0.25, 0.3) is 5.91 Å². The second kappa shape index (κ2) is 6.83. The number of aromatic nitrogens is 2. The number of anilines is 1. The zero-order valence-electron chi connectivity index (χ0n) is 15.1. The van der Waals surface area contributed by atoms with E-state index in [1.54, 1.807) is 48.7 Å². The fourth-order valence-corrected chi connectivity index (χ4v) is 3.06. The molecule has 2 aromatic heterocycles. The molecule has 0 spiro atoms. The lowest BCUT2D eigenvalue weighted by molar-refractivity contribution is 0.102. The first kappa shape index (κ1) is 17.1. The molecule has 0 radical (unpaired) electrons. The minimum absolute atomic E-state index is 0.0196. The number of nitrogens with one attached hydrogen (secondary N) is 1. The number of phenolic OH excluding ortho intramolecular Hbond substituents is 1. The number of carbonyl (C=O) groups is 1. The standard InChI is InChI=1S/C21H15N3O5/c25-15-5-4-13(11-14(15)21-24-19-17(29-21)2-1-7-22-19)23-20(26)12-3-6-16-18(10-12)28-9-8-27-16/h1-7,10-11,25H,8-9H2,(H,23,26). The third kappa shape index (κ3) is 3.20. The summed E-state index contributed by atoms with van der Waals surface area (Å²) in [6.07, 6.45) is 1.61. The first-order valence-electron chi connectivity index (χ1n) is 8.93. The molecule has 2 aromatic carbocycles. The number of hydrogen-bond acceptors (Lipinski definition) is 7. The summed E-state index contributed by atoms with van der Waals surface area (Å²) in [4.78, 5) is 21.1. The van der Waals surface area contributed by atoms with Crippen molar-refractivity contribution >= 4 is 22.8 Å². The minimum atomic E-state index is -0.321. The van der Waals surface area contributed by atoms with E-state index >= 15 is 0 Å². The van der Waals surface area contributed by atoms with Gasteiger partial charge in [-0.3, -0.25) is 4.79 Å². The Bertz CT molecular complexity index is 1200. The molecule has 0 bridgehead atoms. The molecule has 0 fully saturated rings. The molecule has 0 saturated heterocycles. The van der Waals surface area contributed by atoms with Crippen LogP contribution in [0.25, 0.3) is 22.7 Å². The molecule has 0 atom stereocenters. The molecule has 29 heavy (non-hydrogen) atoms. The number of fused-ring (bicyclic) bond motifs is 2. The van der Waals surface area contributed by atoms with Gasteiger partial charge in [0.2, 0.25) is 5.89 Å². The SMILES string of the molecule is O=C(Nc1ccc(O)c(-c2nc3ncccc3o2)c1)c1ccc2c(c1)OCCO2. The fraction of sp³-hybridized carbons (Fsp3) is 0.0952. The van der Waals surface area contributed by atoms with E-state index in [2.05, 4.69) is 15.3 Å². The largest absolute Gasteiger partial charge is 0.507 e. The van der Waals surface area contributed by atoms with E-state index in [1.165, 1.54) is 6.07 Å². The van der Waals surface area contributed by atoms with Gasteiger partial charge in [0.1, 0.15) is 19.0 Å². The van der Waals surface area contributed by atoms with E-state index in [-0.39, 0.29) is 17.5 Å². The van der Waals surface area contributed by atoms with Crippen molar-refractivity contribution in [1.82, 2.24) is 9.97 Å². The molecule has 3 heterocycles. The monoisotopic (exact) mass is 389 g/mol. The molecule has 4 aromatic rings. The fourth-order valence-electron chi connectivity index (χ4n) is 3.06. The maximum Gasteiger partial charge on any atom is 0.255 e. The molecule has 1 amide bonds. The van der Waals surface area contributed by atoms with Gasteiger partial charge < -0.3 is 24.3 Å². The van der Waals surface area contributed by atoms with Crippen LogP contribution < -0.4 is 14.8 Å². The summed E-state index contributed by atoms with van der Waals surface area (Å²) < 4.78 is 16.7. The molecule has 144 valence electrons. The number of phenols is 1. The molecule has 0 unspecified atom stereocenters. The summed E-state index contributed by atoms with van der Waals surface area (Å²) in [6, 6.07) is 13.1. The Morgan fingerprint density at radius 3 is 2.76 bits per heavy atom. The second-order valence-electron chi connectivity index (χ2n) is 6.39. The van der Waals surface area contributed by atoms with Gasteiger partial charge >= 0.3 is 0 Å². The molecule has 8 heteroatoms. The Kier molecular flexibility index (Phi) is 4.02. The highest BCUT2D eigenvalue weighted by molar-refractivity contribution is 6.05. The van der Waals surface area contributed by atoms with Crippen molar-refractivity contribution in [2.75, 3.05) is 18.5 Å². The number of amides is 1. The maximum absolute atomic E-state index is 12.7. The Balaban J connectivity index is 1.43. The van der Waals surface area contributed by atoms with Crippen molar-refractivity contribution in [3.8, 4) is 28.7 Å². The van der Waals surface area contributed by atoms with Crippen LogP contribution in [0.5, 0.6) is 17.2 Å². The van der Waals surface area contributed by atoms with Gasteiger partial charge in [-0.1, -0.05) is 0 Å². The van der Waals surface area contributed by atoms with Gasteiger partial charge in [0.05, 0.1) is 5.56 Å². The number of rotatable bonds is 3. The lowest BCUT2D eigenvalue weighted by Gasteiger charge is -2.18. The van der Waals surface area contributed by atoms with Crippen molar-refractivity contribution in [1.29, 1.82) is 0 Å². The highest BCUT2D eigenvalue weighted by atomic mass is 16.6. The van der Waals surface area contributed by atoms with Gasteiger partial charge in [-0.15, -0.1) is 0 Å². The lowest BCUT2D eigenvalue weighted by Crippen LogP contribution is -2.17. The van der Waals surface area contributed by atoms with Gasteiger partial charge in [0.15, 0.2) is 22.7 Å². The predicted molar refractivity (Wildman–Crippen MR) is 104 cm³/mol. The molecule has 8 nitrogen and oxygen atoms in total. The Labute approximate surface area is 164 Å². The van der Waals surface area contributed by atoms with Crippen molar-refractivity contribution in [2.45, 2.75) is 0 Å². The Morgan fingerprint density at radius 1 is 1.03 bits per heavy atom. The molecule has 5 rings (SSSR count). The number of oxazole rings is 1. The molecule has 1 aliphatic heterocycles. The smallest absolute Gasteiger partial charge is 0.255 e. The predicted octanol–water partition coefficient (Wildman–Crippen LogP) is 3.62. The molecular formula is C21H15N3O5. The number of carbonyl (C=O) groups excluding carboxylic acids is 1. The van der Waals surface area contributed by atoms with Crippen molar-refractivity contribution in [2.24, 2.45) is 0 Å². The van der Waals surface area contributed by atoms with Crippen LogP contribution in [-0.4, -0.2) is 34.2 Å². The number of hydrogen-bond donors (Lipinski definition) is 2. The van der Waals surface area contributed by atoms with E-state index in [0.717, 1.165) is 0 Å². The molecule has 1 aliphatic rings. The summed E-state index contributed by atoms with van der Waals surface area (Å²) >= 11 is 0. The second-order valence-corrected chi connectivity index (χ2v) is 6.39. The number of benzene rings is 2. The van der Waals surface area contributed by atoms with Gasteiger partial charge in [-0.05, 0) is 48.5 Å². The molecule has 0 saturated carbocycles. The maximum atomic E-state index is 12.7. The van der Waals surface area contributed by atoms with E-state index < -0.39 is 0 Å². The quantitative estimate of drug-likeness (QED) is 0.515. The van der Waals surface area contributed by atoms with Gasteiger partial charge in [-0.25, -0.2) is 4.98 Å². The van der Waals surface area contributed by atoms with E-state index in [1.807, 2.05) is 0 Å². The summed E-state index contributed by atoms with van der Waals surface area (Å²) in [5.74, 6) is 1.02. The summed E-state index contributed by atoms with van der Waals surface area (Å²) in [7, 11) is 0. The van der Waals surface area contributed by atoms with Crippen molar-refractivity contribution < 1.29 is 23.8 Å². The summed E-state index contributed by atoms with van der Waals surface area (Å²) in [6.45, 7) is 0.929. The highest BCUT2D eigenvalue weighted by Gasteiger charge is 2.17. The van der Waals surface area contributed by atoms with E-state index in [0.29, 0.717) is 52.8 Å². The third-order valence-corrected chi connectivity index (χ3v) is 4.45. The average Bonchev–Trinajstić information content (AvgIpc) is 3.18. The summed E-state index contributed by atoms with van der Waals surface area (Å²) in [5.41, 5.74) is 2.20. The van der Waals surface area contributed by atoms with Crippen LogP contribution in [0.2, 0.25) is 0 Å². The highest BCUT2D eigenvalue weighted by Crippen LogP contribution is 2.34. The lowest BCUT2D eigenvalue weighted by atomic mass is 10.1. The number of pyridine rings is 1. The normalized spacial score (nSPS) is 12.7. The molecule has 2 N–H and O–H groups in total. The van der Waals surface area contributed by atoms with Crippen molar-refractivity contribution in [3.63, 3.8) is 0 Å². The van der Waals surface area contributed by atoms with E-state index in [9.17, 15) is 9.90 Å². The van der Waals surface area contributed by atoms with Crippen LogP contribution in [0.15, 0.2) is 59.1 Å². The van der Waals surface area contributed by atoms with Gasteiger partial charge in [-0.2, -0.15) is 4.98 Å². The number of aromatic hydroxyl groups is 1. The van der Waals surface area contributed by atoms with E-state index in [4.69, 9.17) is 13.9 Å². The average molecular weight is 389 g/mol. The molecular weight excluding hydrogens is 374 g/mol. The van der Waals surface area contributed by atoms with Gasteiger partial charge in [0, 0.05) is 17.4 Å².